The van der Waals surface area contributed by atoms with E-state index in [0.717, 1.165) is 38.9 Å². The molecular weight excluding hydrogens is 367 g/mol. The van der Waals surface area contributed by atoms with Crippen LogP contribution in [0, 0.1) is 11.7 Å². The van der Waals surface area contributed by atoms with Crippen LogP contribution in [-0.4, -0.2) is 79.1 Å². The van der Waals surface area contributed by atoms with Crippen molar-refractivity contribution in [3.05, 3.63) is 24.0 Å². The largest absolute Gasteiger partial charge is 0.486 e. The van der Waals surface area contributed by atoms with E-state index < -0.39 is 0 Å². The number of halogens is 1. The lowest BCUT2D eigenvalue weighted by Gasteiger charge is -2.36. The monoisotopic (exact) mass is 394 g/mol. The van der Waals surface area contributed by atoms with E-state index in [1.54, 1.807) is 11.0 Å². The molecule has 2 atom stereocenters. The summed E-state index contributed by atoms with van der Waals surface area (Å²) in [5, 5.41) is 9.34. The van der Waals surface area contributed by atoms with Crippen LogP contribution in [-0.2, 0) is 4.74 Å². The van der Waals surface area contributed by atoms with E-state index >= 15 is 0 Å². The lowest BCUT2D eigenvalue weighted by atomic mass is 9.93. The summed E-state index contributed by atoms with van der Waals surface area (Å²) >= 11 is 0. The van der Waals surface area contributed by atoms with Crippen LogP contribution in [0.1, 0.15) is 19.3 Å². The summed E-state index contributed by atoms with van der Waals surface area (Å²) < 4.78 is 29.9. The van der Waals surface area contributed by atoms with Gasteiger partial charge in [0.25, 0.3) is 0 Å². The molecule has 1 aromatic carbocycles. The molecule has 0 aromatic heterocycles. The zero-order chi connectivity index (χ0) is 19.5. The molecule has 8 heteroatoms. The molecule has 1 amide bonds. The van der Waals surface area contributed by atoms with Gasteiger partial charge in [0.15, 0.2) is 11.5 Å². The highest BCUT2D eigenvalue weighted by Gasteiger charge is 2.33. The minimum absolute atomic E-state index is 0.0522. The van der Waals surface area contributed by atoms with Crippen molar-refractivity contribution in [2.45, 2.75) is 31.4 Å². The second kappa shape index (κ2) is 8.53. The van der Waals surface area contributed by atoms with Crippen molar-refractivity contribution in [3.8, 4) is 11.5 Å². The molecular formula is C20H27FN2O5. The summed E-state index contributed by atoms with van der Waals surface area (Å²) in [5.41, 5.74) is 0. The second-order valence-corrected chi connectivity index (χ2v) is 7.78. The number of likely N-dealkylation sites (tertiary alicyclic amines) is 1. The summed E-state index contributed by atoms with van der Waals surface area (Å²) in [4.78, 5) is 15.8. The van der Waals surface area contributed by atoms with E-state index in [4.69, 9.17) is 14.2 Å². The highest BCUT2D eigenvalue weighted by Crippen LogP contribution is 2.32. The second-order valence-electron chi connectivity index (χ2n) is 7.78. The number of benzene rings is 1. The van der Waals surface area contributed by atoms with Gasteiger partial charge >= 0.3 is 6.09 Å². The molecule has 3 aliphatic rings. The Balaban J connectivity index is 1.20. The molecule has 7 nitrogen and oxygen atoms in total. The van der Waals surface area contributed by atoms with Crippen molar-refractivity contribution in [2.24, 2.45) is 5.92 Å². The standard InChI is InChI=1S/C20H27FN2O5/c21-15-1-2-18-19(9-15)26-13-17(28-18)10-22-6-3-14(4-7-22)5-8-23-16(11-24)12-27-20(23)25/h1-2,9,14,16-17,24H,3-8,10-13H2/t16-,17+/m1/s1. The molecule has 3 heterocycles. The lowest BCUT2D eigenvalue weighted by molar-refractivity contribution is 0.0461. The molecule has 28 heavy (non-hydrogen) atoms. The Hall–Kier alpha value is -2.06. The van der Waals surface area contributed by atoms with Gasteiger partial charge in [0.05, 0.1) is 12.6 Å². The number of fused-ring (bicyclic) bond motifs is 1. The van der Waals surface area contributed by atoms with Gasteiger partial charge in [-0.25, -0.2) is 9.18 Å². The minimum atomic E-state index is -0.324. The Kier molecular flexibility index (Phi) is 5.87. The quantitative estimate of drug-likeness (QED) is 0.795. The number of aliphatic hydroxyl groups is 1. The molecule has 0 aliphatic carbocycles. The lowest BCUT2D eigenvalue weighted by Crippen LogP contribution is -2.44. The van der Waals surface area contributed by atoms with Crippen LogP contribution < -0.4 is 9.47 Å². The minimum Gasteiger partial charge on any atom is -0.486 e. The van der Waals surface area contributed by atoms with Gasteiger partial charge in [-0.05, 0) is 50.4 Å². The van der Waals surface area contributed by atoms with Gasteiger partial charge in [-0.3, -0.25) is 9.80 Å². The average Bonchev–Trinajstić information content (AvgIpc) is 3.07. The molecule has 0 radical (unpaired) electrons. The van der Waals surface area contributed by atoms with Crippen molar-refractivity contribution in [3.63, 3.8) is 0 Å². The fourth-order valence-electron chi connectivity index (χ4n) is 4.16. The van der Waals surface area contributed by atoms with Crippen LogP contribution in [0.2, 0.25) is 0 Å². The van der Waals surface area contributed by atoms with Gasteiger partial charge in [-0.1, -0.05) is 0 Å². The Morgan fingerprint density at radius 3 is 2.75 bits per heavy atom. The molecule has 0 bridgehead atoms. The Morgan fingerprint density at radius 1 is 1.14 bits per heavy atom. The molecule has 2 saturated heterocycles. The molecule has 2 fully saturated rings. The summed E-state index contributed by atoms with van der Waals surface area (Å²) in [6.07, 6.45) is 2.70. The number of ether oxygens (including phenoxy) is 3. The Bertz CT molecular complexity index is 695. The van der Waals surface area contributed by atoms with E-state index in [0.29, 0.717) is 30.6 Å². The normalized spacial score (nSPS) is 25.8. The van der Waals surface area contributed by atoms with Gasteiger partial charge < -0.3 is 19.3 Å². The third-order valence-corrected chi connectivity index (χ3v) is 5.86. The van der Waals surface area contributed by atoms with Crippen LogP contribution in [0.4, 0.5) is 9.18 Å². The third-order valence-electron chi connectivity index (χ3n) is 5.86. The highest BCUT2D eigenvalue weighted by atomic mass is 19.1. The molecule has 154 valence electrons. The van der Waals surface area contributed by atoms with Gasteiger partial charge in [-0.15, -0.1) is 0 Å². The van der Waals surface area contributed by atoms with Crippen LogP contribution in [0.3, 0.4) is 0 Å². The fourth-order valence-corrected chi connectivity index (χ4v) is 4.16. The van der Waals surface area contributed by atoms with E-state index in [1.165, 1.54) is 12.1 Å². The zero-order valence-electron chi connectivity index (χ0n) is 15.9. The topological polar surface area (TPSA) is 71.5 Å². The van der Waals surface area contributed by atoms with Crippen molar-refractivity contribution in [1.82, 2.24) is 9.80 Å². The number of aliphatic hydroxyl groups excluding tert-OH is 1. The third kappa shape index (κ3) is 4.33. The zero-order valence-corrected chi connectivity index (χ0v) is 15.9. The van der Waals surface area contributed by atoms with Crippen molar-refractivity contribution in [1.29, 1.82) is 0 Å². The first kappa shape index (κ1) is 19.3. The number of cyclic esters (lactones) is 1. The predicted octanol–water partition coefficient (Wildman–Crippen LogP) is 1.88. The fraction of sp³-hybridized carbons (Fsp3) is 0.650. The average molecular weight is 394 g/mol. The molecule has 0 saturated carbocycles. The maximum Gasteiger partial charge on any atom is 0.410 e. The first-order chi connectivity index (χ1) is 13.6. The van der Waals surface area contributed by atoms with Gasteiger partial charge in [0.1, 0.15) is 25.1 Å². The number of rotatable bonds is 6. The maximum atomic E-state index is 13.2. The molecule has 4 rings (SSSR count). The first-order valence-electron chi connectivity index (χ1n) is 9.98. The van der Waals surface area contributed by atoms with E-state index in [2.05, 4.69) is 4.90 Å². The number of piperidine rings is 1. The van der Waals surface area contributed by atoms with Gasteiger partial charge in [0, 0.05) is 19.2 Å². The van der Waals surface area contributed by atoms with E-state index in [1.807, 2.05) is 0 Å². The summed E-state index contributed by atoms with van der Waals surface area (Å²) in [6.45, 7) is 4.05. The van der Waals surface area contributed by atoms with Crippen molar-refractivity contribution in [2.75, 3.05) is 46.0 Å². The molecule has 0 unspecified atom stereocenters. The number of hydrogen-bond donors (Lipinski definition) is 1. The summed E-state index contributed by atoms with van der Waals surface area (Å²) in [5.74, 6) is 1.31. The summed E-state index contributed by atoms with van der Waals surface area (Å²) in [6, 6.07) is 4.15. The van der Waals surface area contributed by atoms with E-state index in [-0.39, 0.29) is 37.3 Å². The highest BCUT2D eigenvalue weighted by molar-refractivity contribution is 5.70. The molecule has 1 aromatic rings. The van der Waals surface area contributed by atoms with E-state index in [9.17, 15) is 14.3 Å². The number of amides is 1. The smallest absolute Gasteiger partial charge is 0.410 e. The maximum absolute atomic E-state index is 13.2. The first-order valence-corrected chi connectivity index (χ1v) is 9.98. The number of carbonyl (C=O) groups excluding carboxylic acids is 1. The number of nitrogens with zero attached hydrogens (tertiary/aromatic N) is 2. The van der Waals surface area contributed by atoms with Crippen LogP contribution in [0.15, 0.2) is 18.2 Å². The Morgan fingerprint density at radius 2 is 1.96 bits per heavy atom. The van der Waals surface area contributed by atoms with Crippen LogP contribution in [0.5, 0.6) is 11.5 Å². The van der Waals surface area contributed by atoms with Crippen molar-refractivity contribution >= 4 is 6.09 Å². The number of carbonyl (C=O) groups is 1. The van der Waals surface area contributed by atoms with Crippen LogP contribution >= 0.6 is 0 Å². The summed E-state index contributed by atoms with van der Waals surface area (Å²) in [7, 11) is 0. The van der Waals surface area contributed by atoms with Gasteiger partial charge in [0.2, 0.25) is 0 Å². The molecule has 1 N–H and O–H groups in total. The number of hydrogen-bond acceptors (Lipinski definition) is 6. The SMILES string of the molecule is O=C1OC[C@@H](CO)N1CCC1CCN(C[C@H]2COc3cc(F)ccc3O2)CC1. The Labute approximate surface area is 164 Å². The molecule has 0 spiro atoms. The van der Waals surface area contributed by atoms with Gasteiger partial charge in [-0.2, -0.15) is 0 Å². The molecule has 3 aliphatic heterocycles. The predicted molar refractivity (Wildman–Crippen MR) is 99.0 cm³/mol. The van der Waals surface area contributed by atoms with Crippen molar-refractivity contribution < 1.29 is 28.5 Å². The van der Waals surface area contributed by atoms with Crippen LogP contribution in [0.25, 0.3) is 0 Å².